The summed E-state index contributed by atoms with van der Waals surface area (Å²) in [7, 11) is 0. The molecule has 0 spiro atoms. The largest absolute Gasteiger partial charge is 0.366 e. The van der Waals surface area contributed by atoms with Gasteiger partial charge >= 0.3 is 6.03 Å². The van der Waals surface area contributed by atoms with Crippen LogP contribution in [0.25, 0.3) is 0 Å². The Bertz CT molecular complexity index is 610. The Labute approximate surface area is 123 Å². The lowest BCUT2D eigenvalue weighted by Gasteiger charge is -2.19. The Balaban J connectivity index is 1.44. The van der Waals surface area contributed by atoms with E-state index in [1.807, 2.05) is 24.8 Å². The Hall–Kier alpha value is -1.95. The van der Waals surface area contributed by atoms with Gasteiger partial charge in [0.15, 0.2) is 5.82 Å². The van der Waals surface area contributed by atoms with E-state index in [1.54, 1.807) is 0 Å². The van der Waals surface area contributed by atoms with E-state index in [9.17, 15) is 4.79 Å². The molecule has 6 heteroatoms. The van der Waals surface area contributed by atoms with Gasteiger partial charge in [0, 0.05) is 24.9 Å². The van der Waals surface area contributed by atoms with Gasteiger partial charge in [-0.15, -0.1) is 5.10 Å². The Morgan fingerprint density at radius 1 is 1.24 bits per heavy atom. The zero-order valence-electron chi connectivity index (χ0n) is 12.1. The summed E-state index contributed by atoms with van der Waals surface area (Å²) in [6, 6.07) is 1.76. The van der Waals surface area contributed by atoms with E-state index in [4.69, 9.17) is 4.74 Å². The summed E-state index contributed by atoms with van der Waals surface area (Å²) in [5.74, 6) is 1.39. The van der Waals surface area contributed by atoms with E-state index in [-0.39, 0.29) is 18.2 Å². The molecule has 3 aliphatic heterocycles. The molecule has 0 saturated carbocycles. The minimum Gasteiger partial charge on any atom is -0.366 e. The first kappa shape index (κ1) is 12.8. The smallest absolute Gasteiger partial charge is 0.323 e. The highest BCUT2D eigenvalue weighted by atomic mass is 16.5. The Kier molecular flexibility index (Phi) is 2.75. The van der Waals surface area contributed by atoms with E-state index in [0.29, 0.717) is 17.7 Å². The molecule has 21 heavy (non-hydrogen) atoms. The van der Waals surface area contributed by atoms with Crippen LogP contribution in [0.4, 0.5) is 10.6 Å². The predicted molar refractivity (Wildman–Crippen MR) is 76.9 cm³/mol. The van der Waals surface area contributed by atoms with E-state index in [2.05, 4.69) is 27.7 Å². The van der Waals surface area contributed by atoms with Gasteiger partial charge in [-0.2, -0.15) is 5.10 Å². The maximum Gasteiger partial charge on any atom is 0.323 e. The van der Waals surface area contributed by atoms with Crippen molar-refractivity contribution in [3.05, 3.63) is 29.5 Å². The number of ether oxygens (including phenoxy) is 1. The summed E-state index contributed by atoms with van der Waals surface area (Å²) in [5.41, 5.74) is 1.90. The number of fused-ring (bicyclic) bond motifs is 5. The van der Waals surface area contributed by atoms with Gasteiger partial charge in [0.1, 0.15) is 0 Å². The second-order valence-corrected chi connectivity index (χ2v) is 6.11. The molecular weight excluding hydrogens is 268 g/mol. The number of carbonyl (C=O) groups excluding carboxylic acids is 1. The number of amides is 2. The van der Waals surface area contributed by atoms with Gasteiger partial charge in [-0.05, 0) is 25.5 Å². The molecule has 1 aromatic rings. The summed E-state index contributed by atoms with van der Waals surface area (Å²) in [5, 5.41) is 10.9. The number of aryl methyl sites for hydroxylation is 2. The number of hydrogen-bond acceptors (Lipinski definition) is 4. The highest BCUT2D eigenvalue weighted by molar-refractivity contribution is 5.88. The van der Waals surface area contributed by atoms with Gasteiger partial charge in [-0.25, -0.2) is 4.79 Å². The molecule has 2 amide bonds. The average Bonchev–Trinajstić information content (AvgIpc) is 3.13. The van der Waals surface area contributed by atoms with Crippen LogP contribution in [0.1, 0.15) is 11.3 Å². The topological polar surface area (TPSA) is 67.4 Å². The standard InChI is InChI=1S/C15H18N4O2/c1-8-5-14(18-17-9(8)2)16-15(20)19-6-10-11(7-19)13-4-3-12(10)21-13/h3-5,10-13H,6-7H2,1-2H3,(H,16,18,20)/t10-,11-,12-,13-/m1/s1. The second-order valence-electron chi connectivity index (χ2n) is 6.11. The van der Waals surface area contributed by atoms with Crippen LogP contribution >= 0.6 is 0 Å². The maximum atomic E-state index is 12.4. The SMILES string of the molecule is Cc1cc(NC(=O)N2C[C@@H]3[C@@H](C2)[C@H]2C=C[C@H]3O2)nnc1C. The quantitative estimate of drug-likeness (QED) is 0.795. The zero-order chi connectivity index (χ0) is 14.6. The predicted octanol–water partition coefficient (Wildman–Crippen LogP) is 1.51. The molecule has 2 bridgehead atoms. The van der Waals surface area contributed by atoms with Gasteiger partial charge in [0.05, 0.1) is 17.9 Å². The van der Waals surface area contributed by atoms with Crippen LogP contribution in [-0.2, 0) is 4.74 Å². The number of nitrogens with zero attached hydrogens (tertiary/aromatic N) is 3. The number of rotatable bonds is 1. The number of nitrogens with one attached hydrogen (secondary N) is 1. The average molecular weight is 286 g/mol. The first-order valence-corrected chi connectivity index (χ1v) is 7.32. The lowest BCUT2D eigenvalue weighted by atomic mass is 9.86. The molecule has 0 radical (unpaired) electrons. The lowest BCUT2D eigenvalue weighted by Crippen LogP contribution is -2.35. The molecular formula is C15H18N4O2. The van der Waals surface area contributed by atoms with Crippen molar-refractivity contribution in [3.8, 4) is 0 Å². The zero-order valence-corrected chi connectivity index (χ0v) is 12.1. The van der Waals surface area contributed by atoms with Crippen LogP contribution in [0.3, 0.4) is 0 Å². The van der Waals surface area contributed by atoms with Gasteiger partial charge in [0.2, 0.25) is 0 Å². The molecule has 1 N–H and O–H groups in total. The number of aromatic nitrogens is 2. The fourth-order valence-electron chi connectivity index (χ4n) is 3.49. The number of urea groups is 1. The molecule has 1 aromatic heterocycles. The third-order valence-corrected chi connectivity index (χ3v) is 4.81. The summed E-state index contributed by atoms with van der Waals surface area (Å²) in [4.78, 5) is 14.2. The van der Waals surface area contributed by atoms with E-state index < -0.39 is 0 Å². The van der Waals surface area contributed by atoms with Gasteiger partial charge < -0.3 is 9.64 Å². The van der Waals surface area contributed by atoms with Crippen LogP contribution in [-0.4, -0.2) is 46.4 Å². The van der Waals surface area contributed by atoms with Crippen molar-refractivity contribution >= 4 is 11.8 Å². The monoisotopic (exact) mass is 286 g/mol. The minimum absolute atomic E-state index is 0.0960. The second kappa shape index (κ2) is 4.53. The van der Waals surface area contributed by atoms with Crippen molar-refractivity contribution in [1.82, 2.24) is 15.1 Å². The van der Waals surface area contributed by atoms with Crippen molar-refractivity contribution in [3.63, 3.8) is 0 Å². The molecule has 0 aliphatic carbocycles. The fourth-order valence-corrected chi connectivity index (χ4v) is 3.49. The minimum atomic E-state index is -0.0960. The molecule has 4 heterocycles. The molecule has 4 rings (SSSR count). The molecule has 2 fully saturated rings. The molecule has 0 unspecified atom stereocenters. The Morgan fingerprint density at radius 3 is 2.52 bits per heavy atom. The molecule has 2 saturated heterocycles. The van der Waals surface area contributed by atoms with Crippen LogP contribution < -0.4 is 5.32 Å². The summed E-state index contributed by atoms with van der Waals surface area (Å²) >= 11 is 0. The van der Waals surface area contributed by atoms with Crippen molar-refractivity contribution in [2.45, 2.75) is 26.1 Å². The van der Waals surface area contributed by atoms with Crippen molar-refractivity contribution < 1.29 is 9.53 Å². The lowest BCUT2D eigenvalue weighted by molar-refractivity contribution is 0.0892. The molecule has 6 nitrogen and oxygen atoms in total. The first-order valence-electron chi connectivity index (χ1n) is 7.32. The number of anilines is 1. The number of carbonyl (C=O) groups is 1. The van der Waals surface area contributed by atoms with Gasteiger partial charge in [-0.1, -0.05) is 12.2 Å². The highest BCUT2D eigenvalue weighted by Crippen LogP contribution is 2.43. The third kappa shape index (κ3) is 2.01. The molecule has 4 atom stereocenters. The van der Waals surface area contributed by atoms with Crippen LogP contribution in [0.5, 0.6) is 0 Å². The molecule has 0 aromatic carbocycles. The highest BCUT2D eigenvalue weighted by Gasteiger charge is 2.51. The molecule has 110 valence electrons. The van der Waals surface area contributed by atoms with Crippen LogP contribution in [0, 0.1) is 25.7 Å². The van der Waals surface area contributed by atoms with Crippen molar-refractivity contribution in [2.24, 2.45) is 11.8 Å². The van der Waals surface area contributed by atoms with Gasteiger partial charge in [-0.3, -0.25) is 5.32 Å². The van der Waals surface area contributed by atoms with Crippen LogP contribution in [0.2, 0.25) is 0 Å². The van der Waals surface area contributed by atoms with E-state index >= 15 is 0 Å². The third-order valence-electron chi connectivity index (χ3n) is 4.81. The van der Waals surface area contributed by atoms with Crippen molar-refractivity contribution in [2.75, 3.05) is 18.4 Å². The normalized spacial score (nSPS) is 32.6. The number of hydrogen-bond donors (Lipinski definition) is 1. The van der Waals surface area contributed by atoms with Crippen molar-refractivity contribution in [1.29, 1.82) is 0 Å². The summed E-state index contributed by atoms with van der Waals surface area (Å²) in [6.45, 7) is 5.36. The number of likely N-dealkylation sites (tertiary alicyclic amines) is 1. The Morgan fingerprint density at radius 2 is 1.90 bits per heavy atom. The fraction of sp³-hybridized carbons (Fsp3) is 0.533. The van der Waals surface area contributed by atoms with E-state index in [0.717, 1.165) is 24.3 Å². The first-order chi connectivity index (χ1) is 10.1. The summed E-state index contributed by atoms with van der Waals surface area (Å²) in [6.07, 6.45) is 4.64. The van der Waals surface area contributed by atoms with Crippen LogP contribution in [0.15, 0.2) is 18.2 Å². The molecule has 3 aliphatic rings. The van der Waals surface area contributed by atoms with Gasteiger partial charge in [0.25, 0.3) is 0 Å². The van der Waals surface area contributed by atoms with E-state index in [1.165, 1.54) is 0 Å². The summed E-state index contributed by atoms with van der Waals surface area (Å²) < 4.78 is 5.82. The maximum absolute atomic E-state index is 12.4.